The monoisotopic (exact) mass is 410 g/mol. The first kappa shape index (κ1) is 19.8. The Labute approximate surface area is 183 Å². The number of allylic oxidation sites excluding steroid dienone is 1. The molecule has 1 heteroatoms. The highest BCUT2D eigenvalue weighted by molar-refractivity contribution is 7.02. The molecule has 0 bridgehead atoms. The van der Waals surface area contributed by atoms with Crippen LogP contribution in [-0.2, 0) is 6.42 Å². The third-order valence-electron chi connectivity index (χ3n) is 7.83. The summed E-state index contributed by atoms with van der Waals surface area (Å²) in [4.78, 5) is 0. The van der Waals surface area contributed by atoms with Crippen LogP contribution < -0.4 is 10.4 Å². The van der Waals surface area contributed by atoms with Gasteiger partial charge in [-0.2, -0.15) is 0 Å². The molecule has 3 aromatic carbocycles. The van der Waals surface area contributed by atoms with Crippen molar-refractivity contribution in [3.63, 3.8) is 0 Å². The van der Waals surface area contributed by atoms with Crippen molar-refractivity contribution in [2.24, 2.45) is 11.8 Å². The minimum Gasteiger partial charge on any atom is -0.0683 e. The minimum atomic E-state index is -1.91. The van der Waals surface area contributed by atoms with Crippen LogP contribution in [0.4, 0.5) is 0 Å². The van der Waals surface area contributed by atoms with Gasteiger partial charge < -0.3 is 0 Å². The van der Waals surface area contributed by atoms with Gasteiger partial charge in [0.2, 0.25) is 0 Å². The van der Waals surface area contributed by atoms with E-state index in [0.717, 1.165) is 18.3 Å². The fourth-order valence-electron chi connectivity index (χ4n) is 6.50. The zero-order chi connectivity index (χ0) is 21.0. The number of hydrogen-bond donors (Lipinski definition) is 0. The molecule has 3 atom stereocenters. The van der Waals surface area contributed by atoms with Gasteiger partial charge in [-0.3, -0.25) is 0 Å². The summed E-state index contributed by atoms with van der Waals surface area (Å²) in [6.07, 6.45) is 6.28. The highest BCUT2D eigenvalue weighted by Gasteiger charge is 2.38. The molecule has 0 heterocycles. The van der Waals surface area contributed by atoms with E-state index in [-0.39, 0.29) is 0 Å². The summed E-state index contributed by atoms with van der Waals surface area (Å²) in [5.74, 6) is 2.30. The molecule has 2 aliphatic carbocycles. The van der Waals surface area contributed by atoms with E-state index in [4.69, 9.17) is 0 Å². The second-order valence-electron chi connectivity index (χ2n) is 10.6. The van der Waals surface area contributed by atoms with E-state index in [0.29, 0.717) is 5.92 Å². The zero-order valence-corrected chi connectivity index (χ0v) is 20.1. The van der Waals surface area contributed by atoms with Crippen molar-refractivity contribution in [2.45, 2.75) is 59.0 Å². The standard InChI is InChI=1S/C29H34Si/c1-19-15-21(3)26(17-19)25-14-13-22-9-6-7-11-24(22)29(25)30(4,5)28-12-8-10-23-16-20(2)18-27(23)28/h6-14,18-19,21,26H,15-17H2,1-5H3/t19?,21-,26?/m0/s1. The van der Waals surface area contributed by atoms with Gasteiger partial charge in [0.25, 0.3) is 0 Å². The van der Waals surface area contributed by atoms with E-state index < -0.39 is 8.07 Å². The van der Waals surface area contributed by atoms with Crippen LogP contribution in [0.2, 0.25) is 13.1 Å². The SMILES string of the molecule is CC1=Cc2c(cccc2[Si](C)(C)c2c(C3CC(C)C[C@@H]3C)ccc3ccccc23)C1. The molecule has 30 heavy (non-hydrogen) atoms. The summed E-state index contributed by atoms with van der Waals surface area (Å²) in [7, 11) is -1.91. The average molecular weight is 411 g/mol. The van der Waals surface area contributed by atoms with Gasteiger partial charge in [-0.25, -0.2) is 0 Å². The van der Waals surface area contributed by atoms with Gasteiger partial charge in [0.05, 0.1) is 0 Å². The van der Waals surface area contributed by atoms with Gasteiger partial charge in [0, 0.05) is 0 Å². The second kappa shape index (κ2) is 7.23. The van der Waals surface area contributed by atoms with Crippen LogP contribution in [0, 0.1) is 11.8 Å². The van der Waals surface area contributed by atoms with Crippen molar-refractivity contribution in [1.82, 2.24) is 0 Å². The fourth-order valence-corrected chi connectivity index (χ4v) is 10.1. The maximum absolute atomic E-state index is 2.60. The molecule has 0 aromatic heterocycles. The lowest BCUT2D eigenvalue weighted by Crippen LogP contribution is -2.56. The Hall–Kier alpha value is -2.12. The molecule has 0 N–H and O–H groups in total. The summed E-state index contributed by atoms with van der Waals surface area (Å²) in [5, 5.41) is 6.20. The summed E-state index contributed by atoms with van der Waals surface area (Å²) >= 11 is 0. The maximum Gasteiger partial charge on any atom is 0.114 e. The van der Waals surface area contributed by atoms with Crippen LogP contribution in [-0.4, -0.2) is 8.07 Å². The highest BCUT2D eigenvalue weighted by Crippen LogP contribution is 2.43. The van der Waals surface area contributed by atoms with Crippen LogP contribution in [0.3, 0.4) is 0 Å². The predicted octanol–water partition coefficient (Wildman–Crippen LogP) is 6.77. The normalized spacial score (nSPS) is 23.6. The first-order chi connectivity index (χ1) is 14.4. The smallest absolute Gasteiger partial charge is 0.0683 e. The van der Waals surface area contributed by atoms with Crippen molar-refractivity contribution in [1.29, 1.82) is 0 Å². The Bertz CT molecular complexity index is 1150. The van der Waals surface area contributed by atoms with Crippen molar-refractivity contribution >= 4 is 35.3 Å². The van der Waals surface area contributed by atoms with Gasteiger partial charge in [-0.1, -0.05) is 93.2 Å². The summed E-state index contributed by atoms with van der Waals surface area (Å²) in [6.45, 7) is 12.4. The largest absolute Gasteiger partial charge is 0.114 e. The Balaban J connectivity index is 1.78. The lowest BCUT2D eigenvalue weighted by Gasteiger charge is -2.32. The predicted molar refractivity (Wildman–Crippen MR) is 135 cm³/mol. The molecule has 1 fully saturated rings. The topological polar surface area (TPSA) is 0 Å². The minimum absolute atomic E-state index is 0.695. The van der Waals surface area contributed by atoms with Crippen molar-refractivity contribution in [2.75, 3.05) is 0 Å². The van der Waals surface area contributed by atoms with E-state index in [2.05, 4.69) is 94.5 Å². The number of hydrogen-bond acceptors (Lipinski definition) is 0. The fraction of sp³-hybridized carbons (Fsp3) is 0.379. The number of benzene rings is 3. The molecule has 1 saturated carbocycles. The molecule has 0 amide bonds. The molecule has 0 spiro atoms. The molecule has 2 aliphatic rings. The third-order valence-corrected chi connectivity index (χ3v) is 11.4. The van der Waals surface area contributed by atoms with E-state index in [1.165, 1.54) is 40.3 Å². The molecule has 0 radical (unpaired) electrons. The van der Waals surface area contributed by atoms with E-state index in [1.807, 2.05) is 0 Å². The second-order valence-corrected chi connectivity index (χ2v) is 14.9. The number of fused-ring (bicyclic) bond motifs is 2. The van der Waals surface area contributed by atoms with Crippen molar-refractivity contribution < 1.29 is 0 Å². The van der Waals surface area contributed by atoms with Gasteiger partial charge in [0.1, 0.15) is 8.07 Å². The van der Waals surface area contributed by atoms with Gasteiger partial charge in [-0.05, 0) is 81.8 Å². The van der Waals surface area contributed by atoms with Crippen molar-refractivity contribution in [3.8, 4) is 0 Å². The Morgan fingerprint density at radius 1 is 0.867 bits per heavy atom. The average Bonchev–Trinajstić information content (AvgIpc) is 3.26. The van der Waals surface area contributed by atoms with Gasteiger partial charge >= 0.3 is 0 Å². The van der Waals surface area contributed by atoms with Crippen LogP contribution in [0.15, 0.2) is 60.2 Å². The Morgan fingerprint density at radius 3 is 2.43 bits per heavy atom. The summed E-state index contributed by atoms with van der Waals surface area (Å²) < 4.78 is 0. The molecule has 0 saturated heterocycles. The maximum atomic E-state index is 2.60. The first-order valence-corrected chi connectivity index (χ1v) is 14.7. The Kier molecular flexibility index (Phi) is 4.78. The van der Waals surface area contributed by atoms with Crippen molar-refractivity contribution in [3.05, 3.63) is 76.9 Å². The van der Waals surface area contributed by atoms with E-state index in [9.17, 15) is 0 Å². The Morgan fingerprint density at radius 2 is 1.67 bits per heavy atom. The lowest BCUT2D eigenvalue weighted by atomic mass is 9.88. The quantitative estimate of drug-likeness (QED) is 0.418. The molecule has 0 nitrogen and oxygen atoms in total. The van der Waals surface area contributed by atoms with Crippen LogP contribution in [0.1, 0.15) is 56.2 Å². The zero-order valence-electron chi connectivity index (χ0n) is 19.1. The van der Waals surface area contributed by atoms with Crippen LogP contribution in [0.25, 0.3) is 16.8 Å². The van der Waals surface area contributed by atoms with Crippen LogP contribution in [0.5, 0.6) is 0 Å². The lowest BCUT2D eigenvalue weighted by molar-refractivity contribution is 0.527. The molecular formula is C29H34Si. The number of rotatable bonds is 3. The van der Waals surface area contributed by atoms with Gasteiger partial charge in [-0.15, -0.1) is 0 Å². The highest BCUT2D eigenvalue weighted by atomic mass is 28.3. The van der Waals surface area contributed by atoms with Crippen LogP contribution >= 0.6 is 0 Å². The van der Waals surface area contributed by atoms with Gasteiger partial charge in [0.15, 0.2) is 0 Å². The molecule has 154 valence electrons. The molecule has 0 aliphatic heterocycles. The molecular weight excluding hydrogens is 376 g/mol. The molecule has 3 aromatic rings. The first-order valence-electron chi connectivity index (χ1n) is 11.7. The summed E-state index contributed by atoms with van der Waals surface area (Å²) in [6, 6.07) is 21.1. The third kappa shape index (κ3) is 3.10. The summed E-state index contributed by atoms with van der Waals surface area (Å²) in [5.41, 5.74) is 6.20. The van der Waals surface area contributed by atoms with E-state index in [1.54, 1.807) is 15.9 Å². The molecule has 2 unspecified atom stereocenters. The van der Waals surface area contributed by atoms with E-state index >= 15 is 0 Å². The molecule has 5 rings (SSSR count).